The first-order valence-corrected chi connectivity index (χ1v) is 8.57. The standard InChI is InChI=1S/C15H35N5O/c1-2-3-12-21-14-15-13-19-9-8-17-5-4-16-6-7-18-10-11-20-15/h15-20H,2-14H2,1H3. The molecule has 0 aliphatic carbocycles. The molecule has 1 saturated heterocycles. The van der Waals surface area contributed by atoms with Gasteiger partial charge in [0.1, 0.15) is 0 Å². The van der Waals surface area contributed by atoms with E-state index < -0.39 is 0 Å². The quantitative estimate of drug-likeness (QED) is 0.426. The molecule has 1 rings (SSSR count). The Morgan fingerprint density at radius 2 is 1.38 bits per heavy atom. The maximum absolute atomic E-state index is 5.75. The van der Waals surface area contributed by atoms with Crippen LogP contribution in [0.1, 0.15) is 19.8 Å². The van der Waals surface area contributed by atoms with Crippen molar-refractivity contribution in [1.29, 1.82) is 0 Å². The van der Waals surface area contributed by atoms with E-state index in [1.54, 1.807) is 0 Å². The summed E-state index contributed by atoms with van der Waals surface area (Å²) in [5.41, 5.74) is 0. The van der Waals surface area contributed by atoms with Crippen LogP contribution in [0.5, 0.6) is 0 Å². The van der Waals surface area contributed by atoms with Crippen molar-refractivity contribution < 1.29 is 4.74 Å². The minimum atomic E-state index is 0.395. The number of unbranched alkanes of at least 4 members (excludes halogenated alkanes) is 1. The molecule has 1 aliphatic heterocycles. The van der Waals surface area contributed by atoms with Crippen LogP contribution in [0.25, 0.3) is 0 Å². The van der Waals surface area contributed by atoms with Gasteiger partial charge in [-0.25, -0.2) is 0 Å². The molecule has 0 radical (unpaired) electrons. The van der Waals surface area contributed by atoms with Gasteiger partial charge in [-0.05, 0) is 6.42 Å². The fourth-order valence-electron chi connectivity index (χ4n) is 2.21. The van der Waals surface area contributed by atoms with E-state index in [0.29, 0.717) is 6.04 Å². The zero-order chi connectivity index (χ0) is 15.0. The third kappa shape index (κ3) is 12.0. The van der Waals surface area contributed by atoms with E-state index >= 15 is 0 Å². The lowest BCUT2D eigenvalue weighted by Gasteiger charge is -2.20. The van der Waals surface area contributed by atoms with Crippen LogP contribution in [0.2, 0.25) is 0 Å². The third-order valence-electron chi connectivity index (χ3n) is 3.52. The van der Waals surface area contributed by atoms with Gasteiger partial charge in [-0.1, -0.05) is 13.3 Å². The van der Waals surface area contributed by atoms with E-state index in [4.69, 9.17) is 4.74 Å². The van der Waals surface area contributed by atoms with Crippen LogP contribution in [0.15, 0.2) is 0 Å². The van der Waals surface area contributed by atoms with Crippen LogP contribution in [0.3, 0.4) is 0 Å². The Bertz CT molecular complexity index is 202. The Balaban J connectivity index is 2.20. The number of hydrogen-bond acceptors (Lipinski definition) is 6. The topological polar surface area (TPSA) is 69.4 Å². The van der Waals surface area contributed by atoms with Gasteiger partial charge in [0.25, 0.3) is 0 Å². The second-order valence-corrected chi connectivity index (χ2v) is 5.53. The Kier molecular flexibility index (Phi) is 13.2. The fourth-order valence-corrected chi connectivity index (χ4v) is 2.21. The van der Waals surface area contributed by atoms with Gasteiger partial charge in [0.05, 0.1) is 6.61 Å². The largest absolute Gasteiger partial charge is 0.380 e. The zero-order valence-corrected chi connectivity index (χ0v) is 13.7. The summed E-state index contributed by atoms with van der Waals surface area (Å²) in [7, 11) is 0. The zero-order valence-electron chi connectivity index (χ0n) is 13.7. The summed E-state index contributed by atoms with van der Waals surface area (Å²) in [6, 6.07) is 0.395. The van der Waals surface area contributed by atoms with E-state index in [9.17, 15) is 0 Å². The predicted octanol–water partition coefficient (Wildman–Crippen LogP) is -0.867. The lowest BCUT2D eigenvalue weighted by molar-refractivity contribution is 0.108. The Morgan fingerprint density at radius 1 is 0.810 bits per heavy atom. The first kappa shape index (κ1) is 18.8. The van der Waals surface area contributed by atoms with Crippen LogP contribution in [-0.2, 0) is 4.74 Å². The molecule has 1 unspecified atom stereocenters. The summed E-state index contributed by atoms with van der Waals surface area (Å²) < 4.78 is 5.75. The first-order valence-electron chi connectivity index (χ1n) is 8.57. The molecule has 0 aromatic heterocycles. The van der Waals surface area contributed by atoms with Gasteiger partial charge < -0.3 is 31.3 Å². The van der Waals surface area contributed by atoms with Crippen LogP contribution in [0, 0.1) is 0 Å². The molecule has 0 bridgehead atoms. The summed E-state index contributed by atoms with van der Waals surface area (Å²) in [6.45, 7) is 13.0. The van der Waals surface area contributed by atoms with Crippen molar-refractivity contribution in [2.45, 2.75) is 25.8 Å². The Hall–Kier alpha value is -0.240. The van der Waals surface area contributed by atoms with Crippen LogP contribution < -0.4 is 26.6 Å². The molecule has 6 nitrogen and oxygen atoms in total. The summed E-state index contributed by atoms with van der Waals surface area (Å²) in [6.07, 6.45) is 2.35. The van der Waals surface area contributed by atoms with Gasteiger partial charge >= 0.3 is 0 Å². The molecule has 0 amide bonds. The SMILES string of the molecule is CCCCOCC1CNCCNCCNCCNCCN1. The predicted molar refractivity (Wildman–Crippen MR) is 89.0 cm³/mol. The van der Waals surface area contributed by atoms with E-state index in [0.717, 1.165) is 78.5 Å². The second kappa shape index (κ2) is 14.7. The van der Waals surface area contributed by atoms with Gasteiger partial charge in [-0.2, -0.15) is 0 Å². The highest BCUT2D eigenvalue weighted by atomic mass is 16.5. The van der Waals surface area contributed by atoms with E-state index in [1.165, 1.54) is 6.42 Å². The third-order valence-corrected chi connectivity index (χ3v) is 3.52. The van der Waals surface area contributed by atoms with Crippen molar-refractivity contribution in [1.82, 2.24) is 26.6 Å². The molecule has 0 spiro atoms. The summed E-state index contributed by atoms with van der Waals surface area (Å²) >= 11 is 0. The van der Waals surface area contributed by atoms with Crippen molar-refractivity contribution in [2.24, 2.45) is 0 Å². The first-order chi connectivity index (χ1) is 10.4. The second-order valence-electron chi connectivity index (χ2n) is 5.53. The van der Waals surface area contributed by atoms with Crippen molar-refractivity contribution in [3.05, 3.63) is 0 Å². The molecule has 1 fully saturated rings. The molecule has 1 aliphatic rings. The molecule has 0 saturated carbocycles. The van der Waals surface area contributed by atoms with Crippen molar-refractivity contribution in [2.75, 3.05) is 72.1 Å². The molecule has 1 heterocycles. The fraction of sp³-hybridized carbons (Fsp3) is 1.00. The number of nitrogens with one attached hydrogen (secondary N) is 5. The van der Waals surface area contributed by atoms with E-state index in [1.807, 2.05) is 0 Å². The maximum Gasteiger partial charge on any atom is 0.0632 e. The molecular formula is C15H35N5O. The van der Waals surface area contributed by atoms with Crippen molar-refractivity contribution >= 4 is 0 Å². The van der Waals surface area contributed by atoms with Gasteiger partial charge in [0.15, 0.2) is 0 Å². The average Bonchev–Trinajstić information content (AvgIpc) is 2.51. The minimum Gasteiger partial charge on any atom is -0.380 e. The Labute approximate surface area is 130 Å². The molecular weight excluding hydrogens is 266 g/mol. The molecule has 126 valence electrons. The Morgan fingerprint density at radius 3 is 2.00 bits per heavy atom. The summed E-state index contributed by atoms with van der Waals surface area (Å²) in [4.78, 5) is 0. The lowest BCUT2D eigenvalue weighted by atomic mass is 10.3. The van der Waals surface area contributed by atoms with Gasteiger partial charge in [0, 0.05) is 71.6 Å². The van der Waals surface area contributed by atoms with Crippen LogP contribution in [0.4, 0.5) is 0 Å². The molecule has 5 N–H and O–H groups in total. The summed E-state index contributed by atoms with van der Waals surface area (Å²) in [5.74, 6) is 0. The number of ether oxygens (including phenoxy) is 1. The highest BCUT2D eigenvalue weighted by Crippen LogP contribution is 1.91. The summed E-state index contributed by atoms with van der Waals surface area (Å²) in [5, 5.41) is 17.4. The molecule has 0 aromatic carbocycles. The highest BCUT2D eigenvalue weighted by molar-refractivity contribution is 4.71. The monoisotopic (exact) mass is 301 g/mol. The van der Waals surface area contributed by atoms with Crippen LogP contribution in [-0.4, -0.2) is 78.2 Å². The minimum absolute atomic E-state index is 0.395. The molecule has 0 aromatic rings. The van der Waals surface area contributed by atoms with Crippen molar-refractivity contribution in [3.63, 3.8) is 0 Å². The normalized spacial score (nSPS) is 24.1. The lowest BCUT2D eigenvalue weighted by Crippen LogP contribution is -2.45. The molecule has 6 heteroatoms. The average molecular weight is 301 g/mol. The smallest absolute Gasteiger partial charge is 0.0632 e. The van der Waals surface area contributed by atoms with Gasteiger partial charge in [0.2, 0.25) is 0 Å². The number of hydrogen-bond donors (Lipinski definition) is 5. The van der Waals surface area contributed by atoms with E-state index in [-0.39, 0.29) is 0 Å². The number of rotatable bonds is 5. The van der Waals surface area contributed by atoms with Crippen molar-refractivity contribution in [3.8, 4) is 0 Å². The highest BCUT2D eigenvalue weighted by Gasteiger charge is 2.07. The van der Waals surface area contributed by atoms with E-state index in [2.05, 4.69) is 33.5 Å². The van der Waals surface area contributed by atoms with Crippen LogP contribution >= 0.6 is 0 Å². The van der Waals surface area contributed by atoms with Gasteiger partial charge in [-0.3, -0.25) is 0 Å². The van der Waals surface area contributed by atoms with Gasteiger partial charge in [-0.15, -0.1) is 0 Å². The maximum atomic E-state index is 5.75. The molecule has 1 atom stereocenters. The molecule has 21 heavy (non-hydrogen) atoms.